The van der Waals surface area contributed by atoms with Crippen molar-refractivity contribution in [3.63, 3.8) is 0 Å². The number of methoxy groups -OCH3 is 1. The van der Waals surface area contributed by atoms with Crippen LogP contribution in [0.3, 0.4) is 0 Å². The Morgan fingerprint density at radius 1 is 1.25 bits per heavy atom. The quantitative estimate of drug-likeness (QED) is 0.679. The molecule has 1 aromatic carbocycles. The van der Waals surface area contributed by atoms with Gasteiger partial charge in [0.2, 0.25) is 5.91 Å². The van der Waals surface area contributed by atoms with E-state index >= 15 is 0 Å². The van der Waals surface area contributed by atoms with E-state index in [-0.39, 0.29) is 11.8 Å². The topological polar surface area (TPSA) is 55.4 Å². The third-order valence-corrected chi connectivity index (χ3v) is 4.01. The number of carbonyl (C=O) groups is 2. The van der Waals surface area contributed by atoms with Gasteiger partial charge < -0.3 is 10.1 Å². The number of anilines is 1. The molecule has 0 unspecified atom stereocenters. The summed E-state index contributed by atoms with van der Waals surface area (Å²) in [5.74, 6) is -1.27. The molecule has 0 spiro atoms. The lowest BCUT2D eigenvalue weighted by molar-refractivity contribution is -0.150. The van der Waals surface area contributed by atoms with Crippen molar-refractivity contribution in [2.45, 2.75) is 32.6 Å². The van der Waals surface area contributed by atoms with E-state index in [2.05, 4.69) is 5.32 Å². The second kappa shape index (κ2) is 6.55. The first-order valence-electron chi connectivity index (χ1n) is 7.08. The van der Waals surface area contributed by atoms with Crippen molar-refractivity contribution in [3.8, 4) is 0 Å². The van der Waals surface area contributed by atoms with Crippen LogP contribution in [0.25, 0.3) is 0 Å². The fraction of sp³-hybridized carbons (Fsp3) is 0.500. The van der Waals surface area contributed by atoms with Crippen molar-refractivity contribution >= 4 is 17.6 Å². The van der Waals surface area contributed by atoms with Crippen LogP contribution in [0, 0.1) is 18.8 Å². The predicted molar refractivity (Wildman–Crippen MR) is 77.3 cm³/mol. The standard InChI is InChI=1S/C16H21NO3/c1-11-7-3-6-10-13(11)17-15(18)14(16(19)20-2)12-8-4-5-9-12/h3,6-7,10,12,14H,4-5,8-9H2,1-2H3,(H,17,18)/t14-/m1/s1. The number of carbonyl (C=O) groups excluding carboxylic acids is 2. The molecule has 1 aliphatic carbocycles. The van der Waals surface area contributed by atoms with E-state index in [1.165, 1.54) is 7.11 Å². The van der Waals surface area contributed by atoms with Crippen molar-refractivity contribution in [3.05, 3.63) is 29.8 Å². The van der Waals surface area contributed by atoms with Crippen LogP contribution < -0.4 is 5.32 Å². The molecular weight excluding hydrogens is 254 g/mol. The number of nitrogens with one attached hydrogen (secondary N) is 1. The molecule has 1 amide bonds. The van der Waals surface area contributed by atoms with Gasteiger partial charge in [-0.25, -0.2) is 0 Å². The molecule has 0 saturated heterocycles. The van der Waals surface area contributed by atoms with Crippen molar-refractivity contribution in [1.29, 1.82) is 0 Å². The van der Waals surface area contributed by atoms with Gasteiger partial charge in [0.05, 0.1) is 7.11 Å². The van der Waals surface area contributed by atoms with E-state index < -0.39 is 11.9 Å². The van der Waals surface area contributed by atoms with Crippen LogP contribution >= 0.6 is 0 Å². The molecule has 1 saturated carbocycles. The SMILES string of the molecule is COC(=O)[C@@H](C(=O)Nc1ccccc1C)C1CCCC1. The number of amides is 1. The Morgan fingerprint density at radius 3 is 2.50 bits per heavy atom. The molecule has 1 aliphatic rings. The van der Waals surface area contributed by atoms with Gasteiger partial charge in [0, 0.05) is 5.69 Å². The van der Waals surface area contributed by atoms with Gasteiger partial charge in [-0.3, -0.25) is 9.59 Å². The molecule has 0 radical (unpaired) electrons. The number of benzene rings is 1. The van der Waals surface area contributed by atoms with Crippen molar-refractivity contribution in [2.75, 3.05) is 12.4 Å². The molecule has 1 atom stereocenters. The molecule has 2 rings (SSSR count). The summed E-state index contributed by atoms with van der Waals surface area (Å²) in [6.07, 6.45) is 3.99. The molecular formula is C16H21NO3. The second-order valence-electron chi connectivity index (χ2n) is 5.35. The highest BCUT2D eigenvalue weighted by Gasteiger charge is 2.37. The van der Waals surface area contributed by atoms with Crippen LogP contribution in [-0.2, 0) is 14.3 Å². The molecule has 0 bridgehead atoms. The summed E-state index contributed by atoms with van der Waals surface area (Å²) in [5.41, 5.74) is 1.74. The lowest BCUT2D eigenvalue weighted by Gasteiger charge is -2.20. The monoisotopic (exact) mass is 275 g/mol. The van der Waals surface area contributed by atoms with Gasteiger partial charge in [-0.05, 0) is 37.3 Å². The molecule has 1 fully saturated rings. The normalized spacial score (nSPS) is 16.7. The number of esters is 1. The van der Waals surface area contributed by atoms with Crippen LogP contribution in [0.2, 0.25) is 0 Å². The number of para-hydroxylation sites is 1. The molecule has 20 heavy (non-hydrogen) atoms. The third-order valence-electron chi connectivity index (χ3n) is 4.01. The predicted octanol–water partition coefficient (Wildman–Crippen LogP) is 2.91. The van der Waals surface area contributed by atoms with Crippen LogP contribution in [-0.4, -0.2) is 19.0 Å². The summed E-state index contributed by atoms with van der Waals surface area (Å²) in [4.78, 5) is 24.4. The summed E-state index contributed by atoms with van der Waals surface area (Å²) in [6.45, 7) is 1.93. The van der Waals surface area contributed by atoms with E-state index in [0.717, 1.165) is 36.9 Å². The highest BCUT2D eigenvalue weighted by atomic mass is 16.5. The minimum absolute atomic E-state index is 0.103. The van der Waals surface area contributed by atoms with Gasteiger partial charge in [-0.1, -0.05) is 31.0 Å². The maximum Gasteiger partial charge on any atom is 0.318 e. The maximum absolute atomic E-state index is 12.4. The fourth-order valence-electron chi connectivity index (χ4n) is 2.85. The first-order chi connectivity index (χ1) is 9.63. The van der Waals surface area contributed by atoms with E-state index in [0.29, 0.717) is 0 Å². The zero-order chi connectivity index (χ0) is 14.5. The van der Waals surface area contributed by atoms with Crippen LogP contribution in [0.1, 0.15) is 31.2 Å². The van der Waals surface area contributed by atoms with Gasteiger partial charge in [0.25, 0.3) is 0 Å². The summed E-state index contributed by atoms with van der Waals surface area (Å²) in [5, 5.41) is 2.86. The smallest absolute Gasteiger partial charge is 0.318 e. The Bertz CT molecular complexity index is 492. The average Bonchev–Trinajstić information content (AvgIpc) is 2.95. The van der Waals surface area contributed by atoms with E-state index in [4.69, 9.17) is 4.74 Å². The zero-order valence-corrected chi connectivity index (χ0v) is 12.0. The van der Waals surface area contributed by atoms with E-state index in [9.17, 15) is 9.59 Å². The lowest BCUT2D eigenvalue weighted by atomic mass is 9.90. The fourth-order valence-corrected chi connectivity index (χ4v) is 2.85. The lowest BCUT2D eigenvalue weighted by Crippen LogP contribution is -2.35. The van der Waals surface area contributed by atoms with Crippen LogP contribution in [0.5, 0.6) is 0 Å². The van der Waals surface area contributed by atoms with Crippen LogP contribution in [0.4, 0.5) is 5.69 Å². The molecule has 0 aliphatic heterocycles. The van der Waals surface area contributed by atoms with Crippen molar-refractivity contribution < 1.29 is 14.3 Å². The van der Waals surface area contributed by atoms with Gasteiger partial charge in [0.15, 0.2) is 0 Å². The molecule has 1 N–H and O–H groups in total. The number of rotatable bonds is 4. The Labute approximate surface area is 119 Å². The number of hydrogen-bond acceptors (Lipinski definition) is 3. The minimum Gasteiger partial charge on any atom is -0.468 e. The molecule has 1 aromatic rings. The van der Waals surface area contributed by atoms with E-state index in [1.807, 2.05) is 31.2 Å². The highest BCUT2D eigenvalue weighted by molar-refractivity contribution is 6.05. The zero-order valence-electron chi connectivity index (χ0n) is 12.0. The van der Waals surface area contributed by atoms with Gasteiger partial charge in [0.1, 0.15) is 5.92 Å². The van der Waals surface area contributed by atoms with Gasteiger partial charge >= 0.3 is 5.97 Å². The first kappa shape index (κ1) is 14.6. The Kier molecular flexibility index (Phi) is 4.77. The Balaban J connectivity index is 2.14. The van der Waals surface area contributed by atoms with Crippen molar-refractivity contribution in [2.24, 2.45) is 11.8 Å². The maximum atomic E-state index is 12.4. The summed E-state index contributed by atoms with van der Waals surface area (Å²) in [6, 6.07) is 7.56. The molecule has 0 heterocycles. The van der Waals surface area contributed by atoms with Crippen LogP contribution in [0.15, 0.2) is 24.3 Å². The van der Waals surface area contributed by atoms with Crippen molar-refractivity contribution in [1.82, 2.24) is 0 Å². The highest BCUT2D eigenvalue weighted by Crippen LogP contribution is 2.33. The number of aryl methyl sites for hydroxylation is 1. The Hall–Kier alpha value is -1.84. The summed E-state index contributed by atoms with van der Waals surface area (Å²) < 4.78 is 4.81. The minimum atomic E-state index is -0.692. The molecule has 4 heteroatoms. The first-order valence-corrected chi connectivity index (χ1v) is 7.08. The van der Waals surface area contributed by atoms with Gasteiger partial charge in [-0.15, -0.1) is 0 Å². The van der Waals surface area contributed by atoms with E-state index in [1.54, 1.807) is 0 Å². The molecule has 108 valence electrons. The second-order valence-corrected chi connectivity index (χ2v) is 5.35. The number of ether oxygens (including phenoxy) is 1. The summed E-state index contributed by atoms with van der Waals surface area (Å²) >= 11 is 0. The average molecular weight is 275 g/mol. The largest absolute Gasteiger partial charge is 0.468 e. The molecule has 0 aromatic heterocycles. The number of hydrogen-bond donors (Lipinski definition) is 1. The Morgan fingerprint density at radius 2 is 1.90 bits per heavy atom. The summed E-state index contributed by atoms with van der Waals surface area (Å²) in [7, 11) is 1.34. The van der Waals surface area contributed by atoms with Gasteiger partial charge in [-0.2, -0.15) is 0 Å². The third kappa shape index (κ3) is 3.18. The molecule has 4 nitrogen and oxygen atoms in total.